The van der Waals surface area contributed by atoms with Crippen LogP contribution in [0.3, 0.4) is 0 Å². The monoisotopic (exact) mass is 387 g/mol. The first-order chi connectivity index (χ1) is 12.9. The Bertz CT molecular complexity index is 937. The molecule has 6 heteroatoms. The molecule has 2 aromatic carbocycles. The van der Waals surface area contributed by atoms with E-state index in [-0.39, 0.29) is 24.0 Å². The number of benzene rings is 2. The molecule has 1 saturated carbocycles. The first-order valence-electron chi connectivity index (χ1n) is 9.24. The highest BCUT2D eigenvalue weighted by atomic mass is 32.2. The van der Waals surface area contributed by atoms with Gasteiger partial charge < -0.3 is 4.90 Å². The molecule has 2 aromatic rings. The van der Waals surface area contributed by atoms with Gasteiger partial charge in [-0.1, -0.05) is 42.5 Å². The Labute approximate surface area is 158 Å². The molecule has 0 N–H and O–H groups in total. The van der Waals surface area contributed by atoms with Crippen LogP contribution in [-0.4, -0.2) is 38.1 Å². The highest BCUT2D eigenvalue weighted by Gasteiger charge is 2.53. The van der Waals surface area contributed by atoms with Crippen LogP contribution in [0.2, 0.25) is 0 Å². The van der Waals surface area contributed by atoms with Crippen molar-refractivity contribution in [2.45, 2.75) is 29.9 Å². The summed E-state index contributed by atoms with van der Waals surface area (Å²) in [5.74, 6) is -0.385. The van der Waals surface area contributed by atoms with Crippen molar-refractivity contribution < 1.29 is 17.6 Å². The second-order valence-corrected chi connectivity index (χ2v) is 9.74. The largest absolute Gasteiger partial charge is 0.341 e. The third-order valence-electron chi connectivity index (χ3n) is 5.76. The summed E-state index contributed by atoms with van der Waals surface area (Å²) in [5.41, 5.74) is 0.997. The predicted molar refractivity (Wildman–Crippen MR) is 101 cm³/mol. The summed E-state index contributed by atoms with van der Waals surface area (Å²) < 4.78 is 38.8. The minimum Gasteiger partial charge on any atom is -0.341 e. The molecule has 27 heavy (non-hydrogen) atoms. The van der Waals surface area contributed by atoms with Crippen molar-refractivity contribution in [3.8, 4) is 0 Å². The average Bonchev–Trinajstić information content (AvgIpc) is 3.48. The van der Waals surface area contributed by atoms with Gasteiger partial charge in [0.25, 0.3) is 0 Å². The molecule has 2 fully saturated rings. The fourth-order valence-electron chi connectivity index (χ4n) is 4.01. The molecular formula is C21H22FNO3S. The lowest BCUT2D eigenvalue weighted by Crippen LogP contribution is -2.41. The second kappa shape index (κ2) is 6.75. The number of rotatable bonds is 3. The van der Waals surface area contributed by atoms with Crippen LogP contribution in [0.15, 0.2) is 54.6 Å². The molecule has 0 spiro atoms. The lowest BCUT2D eigenvalue weighted by Gasteiger charge is -2.26. The second-order valence-electron chi connectivity index (χ2n) is 7.44. The zero-order chi connectivity index (χ0) is 19.1. The fourth-order valence-corrected chi connectivity index (χ4v) is 5.81. The quantitative estimate of drug-likeness (QED) is 0.812. The molecule has 0 unspecified atom stereocenters. The van der Waals surface area contributed by atoms with Crippen LogP contribution < -0.4 is 0 Å². The number of halogens is 1. The Morgan fingerprint density at radius 2 is 1.67 bits per heavy atom. The van der Waals surface area contributed by atoms with E-state index in [1.165, 1.54) is 12.1 Å². The standard InChI is InChI=1S/C21H22FNO3S/c22-18-8-6-17(7-9-18)21(11-12-21)20(24)23-13-10-19(27(25,26)15-14-23)16-4-2-1-3-5-16/h1-9,19H,10-15H2/t19-/m1/s1. The summed E-state index contributed by atoms with van der Waals surface area (Å²) in [6.07, 6.45) is 1.85. The lowest BCUT2D eigenvalue weighted by molar-refractivity contribution is -0.133. The summed E-state index contributed by atoms with van der Waals surface area (Å²) >= 11 is 0. The SMILES string of the molecule is O=C(N1CC[C@H](c2ccccc2)S(=O)(=O)CC1)C1(c2ccc(F)cc2)CC1. The molecule has 4 nitrogen and oxygen atoms in total. The van der Waals surface area contributed by atoms with E-state index in [4.69, 9.17) is 0 Å². The Kier molecular flexibility index (Phi) is 4.54. The predicted octanol–water partition coefficient (Wildman–Crippen LogP) is 3.25. The maximum atomic E-state index is 13.2. The minimum atomic E-state index is -3.32. The normalized spacial score (nSPS) is 23.4. The Hall–Kier alpha value is -2.21. The van der Waals surface area contributed by atoms with Gasteiger partial charge in [-0.25, -0.2) is 12.8 Å². The highest BCUT2D eigenvalue weighted by molar-refractivity contribution is 7.91. The van der Waals surface area contributed by atoms with Crippen molar-refractivity contribution in [2.75, 3.05) is 18.8 Å². The van der Waals surface area contributed by atoms with Crippen molar-refractivity contribution in [3.63, 3.8) is 0 Å². The van der Waals surface area contributed by atoms with Crippen LogP contribution in [0, 0.1) is 5.82 Å². The van der Waals surface area contributed by atoms with Gasteiger partial charge in [-0.2, -0.15) is 0 Å². The molecule has 142 valence electrons. The van der Waals surface area contributed by atoms with E-state index in [9.17, 15) is 17.6 Å². The highest BCUT2D eigenvalue weighted by Crippen LogP contribution is 2.50. The summed E-state index contributed by atoms with van der Waals surface area (Å²) in [6, 6.07) is 15.3. The van der Waals surface area contributed by atoms with Gasteiger partial charge in [-0.15, -0.1) is 0 Å². The van der Waals surface area contributed by atoms with E-state index in [0.29, 0.717) is 13.0 Å². The summed E-state index contributed by atoms with van der Waals surface area (Å²) in [5, 5.41) is -0.572. The summed E-state index contributed by atoms with van der Waals surface area (Å²) in [4.78, 5) is 14.9. The molecule has 0 aromatic heterocycles. The smallest absolute Gasteiger partial charge is 0.233 e. The number of carbonyl (C=O) groups excluding carboxylic acids is 1. The van der Waals surface area contributed by atoms with Crippen molar-refractivity contribution in [1.82, 2.24) is 4.90 Å². The van der Waals surface area contributed by atoms with Gasteiger partial charge in [-0.3, -0.25) is 4.79 Å². The van der Waals surface area contributed by atoms with Crippen molar-refractivity contribution in [1.29, 1.82) is 0 Å². The molecule has 2 aliphatic rings. The van der Waals surface area contributed by atoms with Gasteiger partial charge in [0.15, 0.2) is 9.84 Å². The molecule has 4 rings (SSSR count). The third-order valence-corrected chi connectivity index (χ3v) is 7.88. The van der Waals surface area contributed by atoms with E-state index in [2.05, 4.69) is 0 Å². The first-order valence-corrected chi connectivity index (χ1v) is 11.0. The minimum absolute atomic E-state index is 0.0296. The van der Waals surface area contributed by atoms with Crippen LogP contribution in [0.5, 0.6) is 0 Å². The zero-order valence-electron chi connectivity index (χ0n) is 15.0. The molecule has 0 bridgehead atoms. The van der Waals surface area contributed by atoms with Gasteiger partial charge in [0, 0.05) is 13.1 Å². The maximum absolute atomic E-state index is 13.2. The van der Waals surface area contributed by atoms with Crippen molar-refractivity contribution >= 4 is 15.7 Å². The zero-order valence-corrected chi connectivity index (χ0v) is 15.8. The van der Waals surface area contributed by atoms with Gasteiger partial charge >= 0.3 is 0 Å². The summed E-state index contributed by atoms with van der Waals surface area (Å²) in [7, 11) is -3.32. The Morgan fingerprint density at radius 1 is 1.00 bits per heavy atom. The topological polar surface area (TPSA) is 54.5 Å². The van der Waals surface area contributed by atoms with Gasteiger partial charge in [0.05, 0.1) is 16.4 Å². The van der Waals surface area contributed by atoms with Gasteiger partial charge in [0.1, 0.15) is 5.82 Å². The fraction of sp³-hybridized carbons (Fsp3) is 0.381. The van der Waals surface area contributed by atoms with Crippen LogP contribution in [0.4, 0.5) is 4.39 Å². The van der Waals surface area contributed by atoms with Crippen LogP contribution in [0.1, 0.15) is 35.6 Å². The first kappa shape index (κ1) is 18.2. The Morgan fingerprint density at radius 3 is 2.30 bits per heavy atom. The number of nitrogens with zero attached hydrogens (tertiary/aromatic N) is 1. The van der Waals surface area contributed by atoms with Crippen molar-refractivity contribution in [2.24, 2.45) is 0 Å². The van der Waals surface area contributed by atoms with E-state index in [1.54, 1.807) is 17.0 Å². The van der Waals surface area contributed by atoms with Gasteiger partial charge in [-0.05, 0) is 42.5 Å². The average molecular weight is 387 g/mol. The third kappa shape index (κ3) is 3.38. The molecule has 0 radical (unpaired) electrons. The van der Waals surface area contributed by atoms with Crippen molar-refractivity contribution in [3.05, 3.63) is 71.5 Å². The molecular weight excluding hydrogens is 365 g/mol. The van der Waals surface area contributed by atoms with E-state index < -0.39 is 20.5 Å². The number of hydrogen-bond donors (Lipinski definition) is 0. The van der Waals surface area contributed by atoms with Crippen LogP contribution >= 0.6 is 0 Å². The molecule has 1 heterocycles. The molecule has 1 saturated heterocycles. The van der Waals surface area contributed by atoms with E-state index in [0.717, 1.165) is 24.0 Å². The molecule has 1 amide bonds. The number of carbonyl (C=O) groups is 1. The summed E-state index contributed by atoms with van der Waals surface area (Å²) in [6.45, 7) is 0.633. The van der Waals surface area contributed by atoms with E-state index >= 15 is 0 Å². The number of hydrogen-bond acceptors (Lipinski definition) is 3. The number of amides is 1. The van der Waals surface area contributed by atoms with Crippen LogP contribution in [-0.2, 0) is 20.0 Å². The van der Waals surface area contributed by atoms with Crippen LogP contribution in [0.25, 0.3) is 0 Å². The van der Waals surface area contributed by atoms with Gasteiger partial charge in [0.2, 0.25) is 5.91 Å². The van der Waals surface area contributed by atoms with E-state index in [1.807, 2.05) is 30.3 Å². The number of sulfone groups is 1. The lowest BCUT2D eigenvalue weighted by atomic mass is 9.94. The Balaban J connectivity index is 1.56. The molecule has 1 aliphatic heterocycles. The maximum Gasteiger partial charge on any atom is 0.233 e. The molecule has 1 atom stereocenters. The molecule has 1 aliphatic carbocycles.